The largest absolute Gasteiger partial charge is 0.446 e. The predicted octanol–water partition coefficient (Wildman–Crippen LogP) is 8.91. The molecule has 0 aromatic carbocycles. The fourth-order valence-electron chi connectivity index (χ4n) is 9.75. The van der Waals surface area contributed by atoms with Gasteiger partial charge in [-0.1, -0.05) is 88.4 Å². The highest BCUT2D eigenvalue weighted by Gasteiger charge is 2.64. The van der Waals surface area contributed by atoms with Gasteiger partial charge in [-0.05, 0) is 90.8 Å². The van der Waals surface area contributed by atoms with E-state index >= 15 is 0 Å². The van der Waals surface area contributed by atoms with Gasteiger partial charge in [-0.15, -0.1) is 0 Å². The van der Waals surface area contributed by atoms with Crippen LogP contribution >= 0.6 is 15.9 Å². The number of fused-ring (bicyclic) bond motifs is 5. The maximum atomic E-state index is 12.2. The molecule has 0 radical (unpaired) electrons. The number of amides is 1. The van der Waals surface area contributed by atoms with E-state index in [9.17, 15) is 4.79 Å². The van der Waals surface area contributed by atoms with Crippen molar-refractivity contribution < 1.29 is 9.53 Å². The van der Waals surface area contributed by atoms with Crippen LogP contribution < -0.4 is 5.32 Å². The molecule has 1 N–H and O–H groups in total. The lowest BCUT2D eigenvalue weighted by molar-refractivity contribution is -0.114. The number of carbonyl (C=O) groups is 1. The van der Waals surface area contributed by atoms with Gasteiger partial charge in [-0.2, -0.15) is 0 Å². The van der Waals surface area contributed by atoms with Gasteiger partial charge in [-0.25, -0.2) is 4.79 Å². The van der Waals surface area contributed by atoms with E-state index in [0.717, 1.165) is 54.2 Å². The lowest BCUT2D eigenvalue weighted by atomic mass is 9.41. The Kier molecular flexibility index (Phi) is 8.41. The van der Waals surface area contributed by atoms with Crippen molar-refractivity contribution in [3.63, 3.8) is 0 Å². The van der Waals surface area contributed by atoms with Gasteiger partial charge in [0, 0.05) is 18.3 Å². The van der Waals surface area contributed by atoms with Crippen LogP contribution in [0, 0.1) is 45.8 Å². The number of nitrogens with one attached hydrogen (secondary N) is 1. The molecule has 3 fully saturated rings. The minimum atomic E-state index is -0.257. The summed E-state index contributed by atoms with van der Waals surface area (Å²) in [5, 5.41) is 3.60. The summed E-state index contributed by atoms with van der Waals surface area (Å²) in [6.45, 7) is 15.8. The molecule has 3 nitrogen and oxygen atoms in total. The maximum absolute atomic E-state index is 12.2. The van der Waals surface area contributed by atoms with Gasteiger partial charge < -0.3 is 10.1 Å². The Balaban J connectivity index is 1.46. The van der Waals surface area contributed by atoms with Crippen LogP contribution in [-0.4, -0.2) is 24.1 Å². The number of allylic oxidation sites excluding steroid dienone is 1. The van der Waals surface area contributed by atoms with Crippen LogP contribution in [0.25, 0.3) is 0 Å². The molecule has 200 valence electrons. The van der Waals surface area contributed by atoms with E-state index in [4.69, 9.17) is 4.74 Å². The number of halogens is 1. The van der Waals surface area contributed by atoms with E-state index < -0.39 is 0 Å². The lowest BCUT2D eigenvalue weighted by Crippen LogP contribution is -2.56. The summed E-state index contributed by atoms with van der Waals surface area (Å²) in [7, 11) is 0. The molecule has 0 aliphatic heterocycles. The van der Waals surface area contributed by atoms with Crippen molar-refractivity contribution in [1.82, 2.24) is 5.32 Å². The second-order valence-corrected chi connectivity index (χ2v) is 14.7. The van der Waals surface area contributed by atoms with Crippen LogP contribution in [0.15, 0.2) is 11.6 Å². The van der Waals surface area contributed by atoms with E-state index in [2.05, 4.69) is 68.9 Å². The maximum Gasteiger partial charge on any atom is 0.407 e. The van der Waals surface area contributed by atoms with Crippen LogP contribution in [0.1, 0.15) is 112 Å². The first-order valence-corrected chi connectivity index (χ1v) is 15.9. The topological polar surface area (TPSA) is 38.3 Å². The van der Waals surface area contributed by atoms with Crippen molar-refractivity contribution in [2.75, 3.05) is 11.9 Å². The minimum absolute atomic E-state index is 0.0328. The molecule has 0 aromatic heterocycles. The SMILES string of the molecule is CC(C)CCC[C@@H](C)C1CC[C@H]2[C@]3(C)CC=C4CC(OC(=O)NCCBr)CC[C@]4(C)[C@H]3CC[C@]12C. The van der Waals surface area contributed by atoms with E-state index in [1.54, 1.807) is 5.57 Å². The molecule has 2 unspecified atom stereocenters. The number of carbonyl (C=O) groups excluding carboxylic acids is 1. The summed E-state index contributed by atoms with van der Waals surface area (Å²) in [4.78, 5) is 12.2. The molecule has 4 aliphatic rings. The highest BCUT2D eigenvalue weighted by atomic mass is 79.9. The molecular formula is C31H52BrNO2. The monoisotopic (exact) mass is 549 g/mol. The molecular weight excluding hydrogens is 498 g/mol. The lowest BCUT2D eigenvalue weighted by Gasteiger charge is -2.63. The molecule has 0 saturated heterocycles. The Hall–Kier alpha value is -0.510. The molecule has 1 amide bonds. The Morgan fingerprint density at radius 2 is 1.83 bits per heavy atom. The second-order valence-electron chi connectivity index (χ2n) is 13.9. The Morgan fingerprint density at radius 3 is 2.54 bits per heavy atom. The smallest absolute Gasteiger partial charge is 0.407 e. The first-order chi connectivity index (χ1) is 16.5. The van der Waals surface area contributed by atoms with Gasteiger partial charge in [-0.3, -0.25) is 0 Å². The van der Waals surface area contributed by atoms with E-state index in [1.165, 1.54) is 51.4 Å². The molecule has 35 heavy (non-hydrogen) atoms. The van der Waals surface area contributed by atoms with Crippen LogP contribution in [0.2, 0.25) is 0 Å². The van der Waals surface area contributed by atoms with Crippen molar-refractivity contribution in [2.24, 2.45) is 45.8 Å². The standard InChI is InChI=1S/C31H52BrNO2/c1-21(2)8-7-9-22(3)25-10-11-26-30(25,5)17-14-27-29(4)16-13-24(35-28(34)33-19-18-32)20-23(29)12-15-31(26,27)6/h12,21-22,24-27H,7-11,13-20H2,1-6H3,(H,33,34)/t22-,24?,25?,26-,27-,29+,30-,31+/m1/s1. The van der Waals surface area contributed by atoms with E-state index in [-0.39, 0.29) is 17.6 Å². The van der Waals surface area contributed by atoms with Crippen LogP contribution in [0.4, 0.5) is 4.79 Å². The molecule has 0 bridgehead atoms. The molecule has 0 spiro atoms. The Morgan fingerprint density at radius 1 is 1.06 bits per heavy atom. The normalized spacial score (nSPS) is 41.4. The third kappa shape index (κ3) is 5.13. The highest BCUT2D eigenvalue weighted by Crippen LogP contribution is 2.72. The quantitative estimate of drug-likeness (QED) is 0.242. The summed E-state index contributed by atoms with van der Waals surface area (Å²) in [5.74, 6) is 4.21. The van der Waals surface area contributed by atoms with E-state index in [1.807, 2.05) is 0 Å². The average molecular weight is 551 g/mol. The molecule has 4 rings (SSSR count). The third-order valence-corrected chi connectivity index (χ3v) is 11.9. The summed E-state index contributed by atoms with van der Waals surface area (Å²) in [5.41, 5.74) is 2.79. The van der Waals surface area contributed by atoms with Crippen molar-refractivity contribution in [3.05, 3.63) is 11.6 Å². The van der Waals surface area contributed by atoms with Crippen molar-refractivity contribution in [2.45, 2.75) is 118 Å². The zero-order valence-electron chi connectivity index (χ0n) is 23.4. The average Bonchev–Trinajstić information content (AvgIpc) is 3.16. The van der Waals surface area contributed by atoms with Gasteiger partial charge >= 0.3 is 6.09 Å². The molecule has 3 saturated carbocycles. The van der Waals surface area contributed by atoms with Crippen LogP contribution in [0.5, 0.6) is 0 Å². The number of ether oxygens (including phenoxy) is 1. The fraction of sp³-hybridized carbons (Fsp3) is 0.903. The predicted molar refractivity (Wildman–Crippen MR) is 150 cm³/mol. The molecule has 4 aliphatic carbocycles. The third-order valence-electron chi connectivity index (χ3n) is 11.5. The van der Waals surface area contributed by atoms with Crippen LogP contribution in [0.3, 0.4) is 0 Å². The molecule has 4 heteroatoms. The van der Waals surface area contributed by atoms with E-state index in [0.29, 0.717) is 17.4 Å². The zero-order valence-corrected chi connectivity index (χ0v) is 25.0. The number of alkyl carbamates (subject to hydrolysis) is 1. The van der Waals surface area contributed by atoms with Gasteiger partial charge in [0.1, 0.15) is 6.10 Å². The first-order valence-electron chi connectivity index (χ1n) is 14.7. The second kappa shape index (κ2) is 10.7. The van der Waals surface area contributed by atoms with Gasteiger partial charge in [0.25, 0.3) is 0 Å². The van der Waals surface area contributed by atoms with Gasteiger partial charge in [0.05, 0.1) is 0 Å². The van der Waals surface area contributed by atoms with Crippen molar-refractivity contribution in [1.29, 1.82) is 0 Å². The summed E-state index contributed by atoms with van der Waals surface area (Å²) in [6.07, 6.45) is 16.6. The summed E-state index contributed by atoms with van der Waals surface area (Å²) in [6, 6.07) is 0. The first kappa shape index (κ1) is 27.5. The van der Waals surface area contributed by atoms with Crippen molar-refractivity contribution in [3.8, 4) is 0 Å². The number of rotatable bonds is 8. The zero-order chi connectivity index (χ0) is 25.4. The number of hydrogen-bond donors (Lipinski definition) is 1. The molecule has 8 atom stereocenters. The Bertz CT molecular complexity index is 795. The number of hydrogen-bond acceptors (Lipinski definition) is 2. The van der Waals surface area contributed by atoms with Crippen molar-refractivity contribution >= 4 is 22.0 Å². The Labute approximate surface area is 224 Å². The highest BCUT2D eigenvalue weighted by molar-refractivity contribution is 9.09. The molecule has 0 aromatic rings. The minimum Gasteiger partial charge on any atom is -0.446 e. The molecule has 0 heterocycles. The summed E-state index contributed by atoms with van der Waals surface area (Å²) < 4.78 is 5.81. The number of alkyl halides is 1. The fourth-order valence-corrected chi connectivity index (χ4v) is 9.95. The van der Waals surface area contributed by atoms with Crippen LogP contribution in [-0.2, 0) is 4.74 Å². The summed E-state index contributed by atoms with van der Waals surface area (Å²) >= 11 is 3.36. The van der Waals surface area contributed by atoms with Gasteiger partial charge in [0.15, 0.2) is 0 Å². The van der Waals surface area contributed by atoms with Gasteiger partial charge in [0.2, 0.25) is 0 Å².